The number of benzene rings is 1. The molecule has 0 unspecified atom stereocenters. The Hall–Kier alpha value is -1.79. The number of hydrogen-bond donors (Lipinski definition) is 2. The molecule has 1 amide bonds. The number of hydrogen-bond acceptors (Lipinski definition) is 5. The second-order valence-electron chi connectivity index (χ2n) is 4.80. The Kier molecular flexibility index (Phi) is 6.30. The summed E-state index contributed by atoms with van der Waals surface area (Å²) in [5.74, 6) is 0. The molecule has 6 heteroatoms. The Labute approximate surface area is 125 Å². The lowest BCUT2D eigenvalue weighted by Crippen LogP contribution is -2.38. The van der Waals surface area contributed by atoms with E-state index in [1.165, 1.54) is 0 Å². The highest BCUT2D eigenvalue weighted by Gasteiger charge is 2.09. The van der Waals surface area contributed by atoms with Crippen molar-refractivity contribution >= 4 is 17.5 Å². The minimum Gasteiger partial charge on any atom is -0.450 e. The second kappa shape index (κ2) is 8.49. The lowest BCUT2D eigenvalue weighted by Gasteiger charge is -2.26. The van der Waals surface area contributed by atoms with E-state index < -0.39 is 6.09 Å². The fraction of sp³-hybridized carbons (Fsp3) is 0.533. The number of amides is 1. The van der Waals surface area contributed by atoms with Crippen molar-refractivity contribution in [3.63, 3.8) is 0 Å². The maximum Gasteiger partial charge on any atom is 0.411 e. The van der Waals surface area contributed by atoms with Crippen molar-refractivity contribution in [3.05, 3.63) is 24.3 Å². The molecule has 1 aromatic carbocycles. The van der Waals surface area contributed by atoms with E-state index in [4.69, 9.17) is 9.47 Å². The quantitative estimate of drug-likeness (QED) is 0.840. The van der Waals surface area contributed by atoms with Crippen LogP contribution in [0.15, 0.2) is 24.3 Å². The molecule has 0 aromatic heterocycles. The minimum atomic E-state index is -0.425. The van der Waals surface area contributed by atoms with Crippen LogP contribution in [-0.4, -0.2) is 57.0 Å². The SMILES string of the molecule is CCOC(=O)Nc1ccc(NCCN2CCOCC2)cc1. The van der Waals surface area contributed by atoms with Crippen LogP contribution >= 0.6 is 0 Å². The van der Waals surface area contributed by atoms with Crippen LogP contribution in [0.4, 0.5) is 16.2 Å². The van der Waals surface area contributed by atoms with Crippen LogP contribution < -0.4 is 10.6 Å². The second-order valence-corrected chi connectivity index (χ2v) is 4.80. The number of ether oxygens (including phenoxy) is 2. The van der Waals surface area contributed by atoms with Crippen LogP contribution in [-0.2, 0) is 9.47 Å². The lowest BCUT2D eigenvalue weighted by molar-refractivity contribution is 0.0398. The molecular weight excluding hydrogens is 270 g/mol. The molecule has 0 aliphatic carbocycles. The third-order valence-electron chi connectivity index (χ3n) is 3.27. The summed E-state index contributed by atoms with van der Waals surface area (Å²) in [4.78, 5) is 13.7. The number of nitrogens with zero attached hydrogens (tertiary/aromatic N) is 1. The van der Waals surface area contributed by atoms with E-state index in [9.17, 15) is 4.79 Å². The number of morpholine rings is 1. The van der Waals surface area contributed by atoms with Gasteiger partial charge in [-0.25, -0.2) is 4.79 Å². The Morgan fingerprint density at radius 2 is 1.90 bits per heavy atom. The van der Waals surface area contributed by atoms with Crippen LogP contribution in [0.1, 0.15) is 6.92 Å². The fourth-order valence-corrected chi connectivity index (χ4v) is 2.14. The number of rotatable bonds is 6. The number of carbonyl (C=O) groups is 1. The van der Waals surface area contributed by atoms with E-state index in [2.05, 4.69) is 15.5 Å². The third-order valence-corrected chi connectivity index (χ3v) is 3.27. The van der Waals surface area contributed by atoms with Gasteiger partial charge in [-0.15, -0.1) is 0 Å². The molecule has 1 fully saturated rings. The molecule has 2 N–H and O–H groups in total. The molecule has 1 aliphatic rings. The highest BCUT2D eigenvalue weighted by molar-refractivity contribution is 5.84. The maximum absolute atomic E-state index is 11.3. The standard InChI is InChI=1S/C15H23N3O3/c1-2-21-15(19)17-14-5-3-13(4-6-14)16-7-8-18-9-11-20-12-10-18/h3-6,16H,2,7-12H2,1H3,(H,17,19). The summed E-state index contributed by atoms with van der Waals surface area (Å²) in [5.41, 5.74) is 1.77. The summed E-state index contributed by atoms with van der Waals surface area (Å²) in [6, 6.07) is 7.60. The molecule has 1 heterocycles. The smallest absolute Gasteiger partial charge is 0.411 e. The van der Waals surface area contributed by atoms with Gasteiger partial charge in [0.15, 0.2) is 0 Å². The molecule has 0 saturated carbocycles. The van der Waals surface area contributed by atoms with Crippen molar-refractivity contribution < 1.29 is 14.3 Å². The Bertz CT molecular complexity index is 430. The minimum absolute atomic E-state index is 0.368. The average Bonchev–Trinajstić information content (AvgIpc) is 2.50. The first-order chi connectivity index (χ1) is 10.3. The molecule has 2 rings (SSSR count). The van der Waals surface area contributed by atoms with Crippen LogP contribution in [0.2, 0.25) is 0 Å². The summed E-state index contributed by atoms with van der Waals surface area (Å²) in [6.45, 7) is 7.71. The third kappa shape index (κ3) is 5.61. The predicted molar refractivity (Wildman–Crippen MR) is 82.8 cm³/mol. The normalized spacial score (nSPS) is 15.5. The Morgan fingerprint density at radius 3 is 2.57 bits per heavy atom. The first-order valence-electron chi connectivity index (χ1n) is 7.35. The number of carbonyl (C=O) groups excluding carboxylic acids is 1. The van der Waals surface area contributed by atoms with Gasteiger partial charge in [-0.2, -0.15) is 0 Å². The molecule has 116 valence electrons. The molecule has 0 radical (unpaired) electrons. The van der Waals surface area contributed by atoms with Gasteiger partial charge < -0.3 is 14.8 Å². The predicted octanol–water partition coefficient (Wildman–Crippen LogP) is 2.00. The largest absolute Gasteiger partial charge is 0.450 e. The topological polar surface area (TPSA) is 62.8 Å². The maximum atomic E-state index is 11.3. The molecule has 0 atom stereocenters. The molecule has 6 nitrogen and oxygen atoms in total. The van der Waals surface area contributed by atoms with Crippen LogP contribution in [0.25, 0.3) is 0 Å². The van der Waals surface area contributed by atoms with E-state index in [0.29, 0.717) is 6.61 Å². The zero-order valence-corrected chi connectivity index (χ0v) is 12.4. The summed E-state index contributed by atoms with van der Waals surface area (Å²) in [5, 5.41) is 6.04. The molecule has 1 aliphatic heterocycles. The molecule has 21 heavy (non-hydrogen) atoms. The summed E-state index contributed by atoms with van der Waals surface area (Å²) in [6.07, 6.45) is -0.425. The lowest BCUT2D eigenvalue weighted by atomic mass is 10.3. The van der Waals surface area contributed by atoms with E-state index in [1.54, 1.807) is 6.92 Å². The number of nitrogens with one attached hydrogen (secondary N) is 2. The fourth-order valence-electron chi connectivity index (χ4n) is 2.14. The highest BCUT2D eigenvalue weighted by atomic mass is 16.5. The van der Waals surface area contributed by atoms with Crippen molar-refractivity contribution in [1.29, 1.82) is 0 Å². The zero-order valence-electron chi connectivity index (χ0n) is 12.4. The summed E-state index contributed by atoms with van der Waals surface area (Å²) >= 11 is 0. The molecule has 1 aromatic rings. The summed E-state index contributed by atoms with van der Waals surface area (Å²) < 4.78 is 10.1. The molecule has 1 saturated heterocycles. The van der Waals surface area contributed by atoms with Gasteiger partial charge in [0.25, 0.3) is 0 Å². The van der Waals surface area contributed by atoms with Crippen molar-refractivity contribution in [2.24, 2.45) is 0 Å². The van der Waals surface area contributed by atoms with Crippen LogP contribution in [0.3, 0.4) is 0 Å². The Balaban J connectivity index is 1.70. The van der Waals surface area contributed by atoms with Gasteiger partial charge in [0, 0.05) is 37.6 Å². The van der Waals surface area contributed by atoms with Crippen LogP contribution in [0, 0.1) is 0 Å². The Morgan fingerprint density at radius 1 is 1.24 bits per heavy atom. The number of anilines is 2. The van der Waals surface area contributed by atoms with Crippen molar-refractivity contribution in [1.82, 2.24) is 4.90 Å². The van der Waals surface area contributed by atoms with E-state index in [-0.39, 0.29) is 0 Å². The molecular formula is C15H23N3O3. The summed E-state index contributed by atoms with van der Waals surface area (Å²) in [7, 11) is 0. The van der Waals surface area contributed by atoms with Gasteiger partial charge in [0.2, 0.25) is 0 Å². The van der Waals surface area contributed by atoms with E-state index >= 15 is 0 Å². The van der Waals surface area contributed by atoms with E-state index in [0.717, 1.165) is 50.8 Å². The molecule has 0 spiro atoms. The molecule has 0 bridgehead atoms. The first-order valence-corrected chi connectivity index (χ1v) is 7.35. The zero-order chi connectivity index (χ0) is 14.9. The monoisotopic (exact) mass is 293 g/mol. The van der Waals surface area contributed by atoms with Gasteiger partial charge >= 0.3 is 6.09 Å². The highest BCUT2D eigenvalue weighted by Crippen LogP contribution is 2.13. The van der Waals surface area contributed by atoms with Gasteiger partial charge in [-0.3, -0.25) is 10.2 Å². The van der Waals surface area contributed by atoms with Crippen molar-refractivity contribution in [3.8, 4) is 0 Å². The van der Waals surface area contributed by atoms with Crippen LogP contribution in [0.5, 0.6) is 0 Å². The average molecular weight is 293 g/mol. The van der Waals surface area contributed by atoms with Gasteiger partial charge in [-0.1, -0.05) is 0 Å². The van der Waals surface area contributed by atoms with Crippen molar-refractivity contribution in [2.75, 3.05) is 56.6 Å². The first kappa shape index (κ1) is 15.6. The van der Waals surface area contributed by atoms with Crippen molar-refractivity contribution in [2.45, 2.75) is 6.92 Å². The van der Waals surface area contributed by atoms with Gasteiger partial charge in [-0.05, 0) is 31.2 Å². The van der Waals surface area contributed by atoms with Gasteiger partial charge in [0.05, 0.1) is 19.8 Å². The van der Waals surface area contributed by atoms with E-state index in [1.807, 2.05) is 24.3 Å². The van der Waals surface area contributed by atoms with Gasteiger partial charge in [0.1, 0.15) is 0 Å².